The third kappa shape index (κ3) is 3.60. The first kappa shape index (κ1) is 17.4. The van der Waals surface area contributed by atoms with E-state index in [1.165, 1.54) is 0 Å². The number of anilines is 2. The lowest BCUT2D eigenvalue weighted by Crippen LogP contribution is -2.40. The van der Waals surface area contributed by atoms with Crippen LogP contribution in [0.4, 0.5) is 11.4 Å². The van der Waals surface area contributed by atoms with Crippen molar-refractivity contribution in [1.82, 2.24) is 0 Å². The number of carbonyl (C=O) groups excluding carboxylic acids is 2. The van der Waals surface area contributed by atoms with Crippen molar-refractivity contribution in [3.63, 3.8) is 0 Å². The molecule has 2 aliphatic rings. The molecule has 1 saturated heterocycles. The van der Waals surface area contributed by atoms with Gasteiger partial charge in [0.05, 0.1) is 0 Å². The van der Waals surface area contributed by atoms with Crippen LogP contribution < -0.4 is 19.7 Å². The number of para-hydroxylation sites is 2. The van der Waals surface area contributed by atoms with E-state index in [9.17, 15) is 9.59 Å². The van der Waals surface area contributed by atoms with Gasteiger partial charge in [-0.2, -0.15) is 0 Å². The predicted octanol–water partition coefficient (Wildman–Crippen LogP) is 3.29. The smallest absolute Gasteiger partial charge is 0.269 e. The van der Waals surface area contributed by atoms with Crippen LogP contribution >= 0.6 is 0 Å². The van der Waals surface area contributed by atoms with Crippen LogP contribution in [0.2, 0.25) is 0 Å². The molecular formula is C21H22N2O4. The quantitative estimate of drug-likeness (QED) is 0.905. The van der Waals surface area contributed by atoms with Crippen molar-refractivity contribution in [2.75, 3.05) is 23.4 Å². The number of carbonyl (C=O) groups is 2. The largest absolute Gasteiger partial charge is 0.485 e. The SMILES string of the molecule is Cc1cc(NC(=O)C2COc3ccccc3O2)ccc1N1CCCCC1=O. The van der Waals surface area contributed by atoms with Crippen molar-refractivity contribution in [2.24, 2.45) is 0 Å². The molecule has 140 valence electrons. The summed E-state index contributed by atoms with van der Waals surface area (Å²) >= 11 is 0. The zero-order chi connectivity index (χ0) is 18.8. The minimum atomic E-state index is -0.705. The summed E-state index contributed by atoms with van der Waals surface area (Å²) in [6.07, 6.45) is 1.86. The second-order valence-corrected chi connectivity index (χ2v) is 6.86. The van der Waals surface area contributed by atoms with Crippen LogP contribution in [0.3, 0.4) is 0 Å². The van der Waals surface area contributed by atoms with Gasteiger partial charge in [-0.15, -0.1) is 0 Å². The third-order valence-electron chi connectivity index (χ3n) is 4.88. The Kier molecular flexibility index (Phi) is 4.71. The molecule has 27 heavy (non-hydrogen) atoms. The standard InChI is InChI=1S/C21H22N2O4/c1-14-12-15(9-10-16(14)23-11-5-4-8-20(23)24)22-21(25)19-13-26-17-6-2-3-7-18(17)27-19/h2-3,6-7,9-10,12,19H,4-5,8,11,13H2,1H3,(H,22,25). The number of aryl methyl sites for hydroxylation is 1. The van der Waals surface area contributed by atoms with E-state index in [0.29, 0.717) is 23.6 Å². The fourth-order valence-corrected chi connectivity index (χ4v) is 3.47. The summed E-state index contributed by atoms with van der Waals surface area (Å²) in [4.78, 5) is 26.5. The van der Waals surface area contributed by atoms with Gasteiger partial charge in [0.15, 0.2) is 11.5 Å². The van der Waals surface area contributed by atoms with E-state index in [2.05, 4.69) is 5.32 Å². The first-order chi connectivity index (χ1) is 13.1. The molecule has 0 aromatic heterocycles. The Morgan fingerprint density at radius 2 is 1.96 bits per heavy atom. The molecular weight excluding hydrogens is 344 g/mol. The number of hydrogen-bond acceptors (Lipinski definition) is 4. The highest BCUT2D eigenvalue weighted by atomic mass is 16.6. The average molecular weight is 366 g/mol. The highest BCUT2D eigenvalue weighted by Gasteiger charge is 2.27. The van der Waals surface area contributed by atoms with Gasteiger partial charge in [0.2, 0.25) is 12.0 Å². The summed E-state index contributed by atoms with van der Waals surface area (Å²) < 4.78 is 11.3. The Hall–Kier alpha value is -3.02. The Labute approximate surface area is 158 Å². The average Bonchev–Trinajstić information content (AvgIpc) is 2.68. The van der Waals surface area contributed by atoms with Crippen molar-refractivity contribution in [3.8, 4) is 11.5 Å². The lowest BCUT2D eigenvalue weighted by Gasteiger charge is -2.28. The third-order valence-corrected chi connectivity index (χ3v) is 4.88. The maximum Gasteiger partial charge on any atom is 0.269 e. The minimum Gasteiger partial charge on any atom is -0.485 e. The molecule has 2 heterocycles. The molecule has 2 aliphatic heterocycles. The predicted molar refractivity (Wildman–Crippen MR) is 102 cm³/mol. The van der Waals surface area contributed by atoms with Gasteiger partial charge in [0.25, 0.3) is 5.91 Å². The Balaban J connectivity index is 1.44. The maximum absolute atomic E-state index is 12.5. The van der Waals surface area contributed by atoms with Crippen LogP contribution in [-0.4, -0.2) is 31.1 Å². The minimum absolute atomic E-state index is 0.160. The number of nitrogens with one attached hydrogen (secondary N) is 1. The van der Waals surface area contributed by atoms with E-state index >= 15 is 0 Å². The number of ether oxygens (including phenoxy) is 2. The molecule has 0 aliphatic carbocycles. The molecule has 1 N–H and O–H groups in total. The Morgan fingerprint density at radius 1 is 1.15 bits per heavy atom. The van der Waals surface area contributed by atoms with E-state index in [4.69, 9.17) is 9.47 Å². The Bertz CT molecular complexity index is 880. The molecule has 6 heteroatoms. The van der Waals surface area contributed by atoms with Crippen LogP contribution in [0.1, 0.15) is 24.8 Å². The van der Waals surface area contributed by atoms with Gasteiger partial charge in [-0.1, -0.05) is 12.1 Å². The van der Waals surface area contributed by atoms with Gasteiger partial charge >= 0.3 is 0 Å². The topological polar surface area (TPSA) is 67.9 Å². The van der Waals surface area contributed by atoms with Gasteiger partial charge in [-0.05, 0) is 55.7 Å². The van der Waals surface area contributed by atoms with Gasteiger partial charge < -0.3 is 19.7 Å². The molecule has 0 saturated carbocycles. The zero-order valence-electron chi connectivity index (χ0n) is 15.2. The summed E-state index contributed by atoms with van der Waals surface area (Å²) in [6, 6.07) is 12.9. The van der Waals surface area contributed by atoms with E-state index < -0.39 is 6.10 Å². The summed E-state index contributed by atoms with van der Waals surface area (Å²) in [6.45, 7) is 2.86. The van der Waals surface area contributed by atoms with Gasteiger partial charge in [0, 0.05) is 24.3 Å². The summed E-state index contributed by atoms with van der Waals surface area (Å²) in [7, 11) is 0. The molecule has 2 aromatic carbocycles. The lowest BCUT2D eigenvalue weighted by atomic mass is 10.1. The summed E-state index contributed by atoms with van der Waals surface area (Å²) in [5, 5.41) is 2.88. The van der Waals surface area contributed by atoms with Crippen LogP contribution in [0, 0.1) is 6.92 Å². The molecule has 6 nitrogen and oxygen atoms in total. The number of fused-ring (bicyclic) bond motifs is 1. The van der Waals surface area contributed by atoms with Crippen molar-refractivity contribution in [1.29, 1.82) is 0 Å². The first-order valence-corrected chi connectivity index (χ1v) is 9.22. The molecule has 4 rings (SSSR count). The molecule has 2 amide bonds. The Morgan fingerprint density at radius 3 is 2.74 bits per heavy atom. The first-order valence-electron chi connectivity index (χ1n) is 9.22. The molecule has 0 bridgehead atoms. The van der Waals surface area contributed by atoms with E-state index in [-0.39, 0.29) is 18.4 Å². The highest BCUT2D eigenvalue weighted by Crippen LogP contribution is 2.31. The molecule has 1 atom stereocenters. The number of nitrogens with zero attached hydrogens (tertiary/aromatic N) is 1. The fraction of sp³-hybridized carbons (Fsp3) is 0.333. The van der Waals surface area contributed by atoms with Crippen molar-refractivity contribution >= 4 is 23.2 Å². The highest BCUT2D eigenvalue weighted by molar-refractivity contribution is 5.97. The number of piperidine rings is 1. The monoisotopic (exact) mass is 366 g/mol. The molecule has 0 radical (unpaired) electrons. The van der Waals surface area contributed by atoms with Crippen LogP contribution in [0.15, 0.2) is 42.5 Å². The van der Waals surface area contributed by atoms with Crippen LogP contribution in [-0.2, 0) is 9.59 Å². The van der Waals surface area contributed by atoms with Gasteiger partial charge in [-0.3, -0.25) is 9.59 Å². The molecule has 2 aromatic rings. The normalized spacial score (nSPS) is 18.9. The number of hydrogen-bond donors (Lipinski definition) is 1. The maximum atomic E-state index is 12.5. The van der Waals surface area contributed by atoms with E-state index in [0.717, 1.165) is 30.6 Å². The van der Waals surface area contributed by atoms with Gasteiger partial charge in [0.1, 0.15) is 6.61 Å². The summed E-state index contributed by atoms with van der Waals surface area (Å²) in [5.41, 5.74) is 2.53. The molecule has 1 unspecified atom stereocenters. The van der Waals surface area contributed by atoms with Gasteiger partial charge in [-0.25, -0.2) is 0 Å². The number of rotatable bonds is 3. The van der Waals surface area contributed by atoms with Crippen molar-refractivity contribution < 1.29 is 19.1 Å². The van der Waals surface area contributed by atoms with Crippen LogP contribution in [0.25, 0.3) is 0 Å². The zero-order valence-corrected chi connectivity index (χ0v) is 15.2. The van der Waals surface area contributed by atoms with E-state index in [1.54, 1.807) is 6.07 Å². The van der Waals surface area contributed by atoms with Crippen molar-refractivity contribution in [2.45, 2.75) is 32.3 Å². The van der Waals surface area contributed by atoms with Crippen LogP contribution in [0.5, 0.6) is 11.5 Å². The lowest BCUT2D eigenvalue weighted by molar-refractivity contribution is -0.125. The number of amides is 2. The van der Waals surface area contributed by atoms with Crippen molar-refractivity contribution in [3.05, 3.63) is 48.0 Å². The molecule has 1 fully saturated rings. The summed E-state index contributed by atoms with van der Waals surface area (Å²) in [5.74, 6) is 1.12. The second-order valence-electron chi connectivity index (χ2n) is 6.86. The second kappa shape index (κ2) is 7.31. The van der Waals surface area contributed by atoms with E-state index in [1.807, 2.05) is 48.2 Å². The fourth-order valence-electron chi connectivity index (χ4n) is 3.47. The molecule has 0 spiro atoms. The number of benzene rings is 2.